The minimum Gasteiger partial charge on any atom is -0.494 e. The first-order chi connectivity index (χ1) is 19.8. The first-order valence-electron chi connectivity index (χ1n) is 15.9. The van der Waals surface area contributed by atoms with Gasteiger partial charge in [0.1, 0.15) is 11.6 Å². The molecule has 0 spiro atoms. The van der Waals surface area contributed by atoms with Crippen LogP contribution in [0.25, 0.3) is 11.0 Å². The average Bonchev–Trinajstić information content (AvgIpc) is 3.37. The van der Waals surface area contributed by atoms with Crippen LogP contribution in [0.15, 0.2) is 18.2 Å². The van der Waals surface area contributed by atoms with Crippen LogP contribution in [0, 0.1) is 11.3 Å². The lowest BCUT2D eigenvalue weighted by atomic mass is 10.0. The number of amides is 2. The normalized spacial score (nSPS) is 15.3. The second-order valence-electron chi connectivity index (χ2n) is 11.9. The first kappa shape index (κ1) is 32.4. The monoisotopic (exact) mass is 566 g/mol. The number of benzene rings is 1. The Hall–Kier alpha value is -3.08. The fraction of sp³-hybridized carbons (Fsp3) is 0.697. The molecule has 1 fully saturated rings. The highest BCUT2D eigenvalue weighted by atomic mass is 16.6. The van der Waals surface area contributed by atoms with Gasteiger partial charge in [-0.25, -0.2) is 14.7 Å². The Labute approximate surface area is 246 Å². The fourth-order valence-electron chi connectivity index (χ4n) is 5.50. The molecule has 0 N–H and O–H groups in total. The van der Waals surface area contributed by atoms with Crippen LogP contribution in [0.2, 0.25) is 0 Å². The molecule has 1 aromatic carbocycles. The van der Waals surface area contributed by atoms with Crippen LogP contribution >= 0.6 is 0 Å². The van der Waals surface area contributed by atoms with Crippen molar-refractivity contribution in [2.75, 3.05) is 6.61 Å². The second kappa shape index (κ2) is 16.4. The SMILES string of the molecule is CCCCCCCCCCCCCCCCCCOc1ccc2nc(C(C#N)N3C(=O)OC(C)(C)C3=O)n(C)c2c1. The van der Waals surface area contributed by atoms with Gasteiger partial charge in [0.2, 0.25) is 0 Å². The summed E-state index contributed by atoms with van der Waals surface area (Å²) in [6.45, 7) is 5.95. The molecule has 1 atom stereocenters. The number of ether oxygens (including phenoxy) is 2. The molecule has 1 saturated heterocycles. The molecule has 1 aliphatic rings. The van der Waals surface area contributed by atoms with Crippen molar-refractivity contribution >= 4 is 23.0 Å². The lowest BCUT2D eigenvalue weighted by molar-refractivity contribution is -0.135. The van der Waals surface area contributed by atoms with Gasteiger partial charge in [0.05, 0.1) is 23.7 Å². The van der Waals surface area contributed by atoms with Crippen molar-refractivity contribution < 1.29 is 19.1 Å². The summed E-state index contributed by atoms with van der Waals surface area (Å²) in [4.78, 5) is 30.5. The zero-order chi connectivity index (χ0) is 29.7. The predicted octanol–water partition coefficient (Wildman–Crippen LogP) is 8.54. The summed E-state index contributed by atoms with van der Waals surface area (Å²) in [6.07, 6.45) is 20.6. The van der Waals surface area contributed by atoms with E-state index in [0.29, 0.717) is 17.9 Å². The summed E-state index contributed by atoms with van der Waals surface area (Å²) in [6, 6.07) is 6.47. The highest BCUT2D eigenvalue weighted by molar-refractivity contribution is 6.03. The Kier molecular flexibility index (Phi) is 13.0. The molecule has 1 unspecified atom stereocenters. The molecule has 8 heteroatoms. The number of nitrogens with zero attached hydrogens (tertiary/aromatic N) is 4. The van der Waals surface area contributed by atoms with Crippen LogP contribution < -0.4 is 4.74 Å². The van der Waals surface area contributed by atoms with Crippen molar-refractivity contribution in [3.05, 3.63) is 24.0 Å². The molecule has 41 heavy (non-hydrogen) atoms. The maximum atomic E-state index is 12.7. The van der Waals surface area contributed by atoms with Gasteiger partial charge in [-0.2, -0.15) is 5.26 Å². The van der Waals surface area contributed by atoms with Gasteiger partial charge in [-0.05, 0) is 32.4 Å². The second-order valence-corrected chi connectivity index (χ2v) is 11.9. The number of imide groups is 1. The number of rotatable bonds is 20. The average molecular weight is 567 g/mol. The summed E-state index contributed by atoms with van der Waals surface area (Å²) in [5.41, 5.74) is 0.130. The maximum Gasteiger partial charge on any atom is 0.419 e. The van der Waals surface area contributed by atoms with Crippen molar-refractivity contribution in [3.8, 4) is 11.8 Å². The van der Waals surface area contributed by atoms with E-state index in [1.54, 1.807) is 11.6 Å². The minimum atomic E-state index is -1.30. The largest absolute Gasteiger partial charge is 0.494 e. The molecule has 0 aliphatic carbocycles. The Balaban J connectivity index is 1.32. The van der Waals surface area contributed by atoms with E-state index in [-0.39, 0.29) is 0 Å². The Morgan fingerprint density at radius 2 is 1.44 bits per heavy atom. The number of cyclic esters (lactones) is 1. The number of unbranched alkanes of at least 4 members (excludes halogenated alkanes) is 15. The molecule has 226 valence electrons. The third kappa shape index (κ3) is 9.21. The van der Waals surface area contributed by atoms with E-state index >= 15 is 0 Å². The van der Waals surface area contributed by atoms with E-state index in [4.69, 9.17) is 9.47 Å². The van der Waals surface area contributed by atoms with Crippen molar-refractivity contribution in [1.82, 2.24) is 14.5 Å². The van der Waals surface area contributed by atoms with E-state index in [1.165, 1.54) is 104 Å². The van der Waals surface area contributed by atoms with E-state index in [0.717, 1.165) is 29.0 Å². The topological polar surface area (TPSA) is 97.5 Å². The zero-order valence-electron chi connectivity index (χ0n) is 25.8. The molecular weight excluding hydrogens is 516 g/mol. The summed E-state index contributed by atoms with van der Waals surface area (Å²) in [5.74, 6) is 0.490. The van der Waals surface area contributed by atoms with Crippen LogP contribution in [-0.2, 0) is 16.6 Å². The summed E-state index contributed by atoms with van der Waals surface area (Å²) in [5, 5.41) is 9.84. The van der Waals surface area contributed by atoms with Crippen molar-refractivity contribution in [2.24, 2.45) is 7.05 Å². The Bertz CT molecular complexity index is 1170. The van der Waals surface area contributed by atoms with Gasteiger partial charge < -0.3 is 14.0 Å². The predicted molar refractivity (Wildman–Crippen MR) is 162 cm³/mol. The highest BCUT2D eigenvalue weighted by Gasteiger charge is 2.51. The van der Waals surface area contributed by atoms with E-state index in [9.17, 15) is 14.9 Å². The number of fused-ring (bicyclic) bond motifs is 1. The molecule has 8 nitrogen and oxygen atoms in total. The fourth-order valence-corrected chi connectivity index (χ4v) is 5.50. The molecule has 0 saturated carbocycles. The van der Waals surface area contributed by atoms with Gasteiger partial charge in [0, 0.05) is 13.1 Å². The van der Waals surface area contributed by atoms with Crippen LogP contribution in [0.1, 0.15) is 135 Å². The van der Waals surface area contributed by atoms with Gasteiger partial charge >= 0.3 is 6.09 Å². The lowest BCUT2D eigenvalue weighted by Gasteiger charge is -2.18. The zero-order valence-corrected chi connectivity index (χ0v) is 25.8. The van der Waals surface area contributed by atoms with Gasteiger partial charge in [0.25, 0.3) is 5.91 Å². The number of carbonyl (C=O) groups is 2. The third-order valence-electron chi connectivity index (χ3n) is 8.05. The highest BCUT2D eigenvalue weighted by Crippen LogP contribution is 2.33. The Morgan fingerprint density at radius 3 is 1.93 bits per heavy atom. The Morgan fingerprint density at radius 1 is 0.902 bits per heavy atom. The van der Waals surface area contributed by atoms with Crippen molar-refractivity contribution in [2.45, 2.75) is 135 Å². The number of aryl methyl sites for hydroxylation is 1. The first-order valence-corrected chi connectivity index (χ1v) is 15.9. The van der Waals surface area contributed by atoms with Crippen LogP contribution in [0.3, 0.4) is 0 Å². The molecule has 1 aromatic heterocycles. The summed E-state index contributed by atoms with van der Waals surface area (Å²) in [7, 11) is 1.77. The van der Waals surface area contributed by atoms with Gasteiger partial charge in [-0.3, -0.25) is 4.79 Å². The summed E-state index contributed by atoms with van der Waals surface area (Å²) < 4.78 is 12.9. The molecule has 1 aliphatic heterocycles. The van der Waals surface area contributed by atoms with Crippen LogP contribution in [0.5, 0.6) is 5.75 Å². The van der Waals surface area contributed by atoms with Gasteiger partial charge in [-0.15, -0.1) is 0 Å². The molecule has 0 bridgehead atoms. The molecule has 3 rings (SSSR count). The van der Waals surface area contributed by atoms with E-state index < -0.39 is 23.6 Å². The van der Waals surface area contributed by atoms with Crippen molar-refractivity contribution in [1.29, 1.82) is 5.26 Å². The maximum absolute atomic E-state index is 12.7. The standard InChI is InChI=1S/C33H50N4O4/c1-5-6-7-8-9-10-11-12-13-14-15-16-17-18-19-20-23-40-26-21-22-27-28(24-26)36(4)30(35-27)29(25-34)37-31(38)33(2,3)41-32(37)39/h21-22,24,29H,5-20,23H2,1-4H3. The molecule has 2 aromatic rings. The third-order valence-corrected chi connectivity index (χ3v) is 8.05. The number of nitriles is 1. The molecule has 2 amide bonds. The molecular formula is C33H50N4O4. The molecule has 0 radical (unpaired) electrons. The van der Waals surface area contributed by atoms with Crippen LogP contribution in [-0.4, -0.2) is 38.7 Å². The number of imidazole rings is 1. The van der Waals surface area contributed by atoms with Gasteiger partial charge in [-0.1, -0.05) is 103 Å². The number of hydrogen-bond acceptors (Lipinski definition) is 6. The number of hydrogen-bond donors (Lipinski definition) is 0. The summed E-state index contributed by atoms with van der Waals surface area (Å²) >= 11 is 0. The lowest BCUT2D eigenvalue weighted by Crippen LogP contribution is -2.39. The number of aromatic nitrogens is 2. The van der Waals surface area contributed by atoms with E-state index in [1.807, 2.05) is 18.2 Å². The van der Waals surface area contributed by atoms with Crippen molar-refractivity contribution in [3.63, 3.8) is 0 Å². The smallest absolute Gasteiger partial charge is 0.419 e. The van der Waals surface area contributed by atoms with Crippen LogP contribution in [0.4, 0.5) is 4.79 Å². The quantitative estimate of drug-likeness (QED) is 0.149. The molecule has 2 heterocycles. The number of carbonyl (C=O) groups excluding carboxylic acids is 2. The minimum absolute atomic E-state index is 0.306. The van der Waals surface area contributed by atoms with E-state index in [2.05, 4.69) is 18.0 Å². The van der Waals surface area contributed by atoms with Gasteiger partial charge in [0.15, 0.2) is 11.6 Å².